The van der Waals surface area contributed by atoms with Crippen LogP contribution in [0.4, 0.5) is 0 Å². The second kappa shape index (κ2) is 8.80. The number of benzene rings is 2. The van der Waals surface area contributed by atoms with Gasteiger partial charge in [0.15, 0.2) is 0 Å². The van der Waals surface area contributed by atoms with Crippen LogP contribution in [0.25, 0.3) is 22.2 Å². The minimum Gasteiger partial charge on any atom is -0.497 e. The molecule has 1 unspecified atom stereocenters. The van der Waals surface area contributed by atoms with Crippen LogP contribution >= 0.6 is 0 Å². The van der Waals surface area contributed by atoms with Gasteiger partial charge in [-0.2, -0.15) is 0 Å². The highest BCUT2D eigenvalue weighted by atomic mass is 16.5. The molecule has 1 amide bonds. The van der Waals surface area contributed by atoms with Crippen molar-refractivity contribution in [3.63, 3.8) is 0 Å². The molecule has 4 aromatic rings. The first kappa shape index (κ1) is 20.2. The van der Waals surface area contributed by atoms with E-state index in [-0.39, 0.29) is 12.0 Å². The minimum absolute atomic E-state index is 0.0855. The zero-order valence-electron chi connectivity index (χ0n) is 17.8. The van der Waals surface area contributed by atoms with Crippen molar-refractivity contribution in [2.24, 2.45) is 0 Å². The number of aromatic nitrogens is 3. The first-order valence-electron chi connectivity index (χ1n) is 10.6. The van der Waals surface area contributed by atoms with Gasteiger partial charge in [-0.05, 0) is 35.9 Å². The molecule has 2 aromatic carbocycles. The van der Waals surface area contributed by atoms with Crippen molar-refractivity contribution in [3.8, 4) is 17.0 Å². The van der Waals surface area contributed by atoms with Crippen LogP contribution in [0.2, 0.25) is 0 Å². The lowest BCUT2D eigenvalue weighted by atomic mass is 10.1. The summed E-state index contributed by atoms with van der Waals surface area (Å²) >= 11 is 0. The first-order valence-corrected chi connectivity index (χ1v) is 10.6. The molecule has 7 nitrogen and oxygen atoms in total. The second-order valence-electron chi connectivity index (χ2n) is 7.79. The largest absolute Gasteiger partial charge is 0.497 e. The molecule has 2 aromatic heterocycles. The number of ether oxygens (including phenoxy) is 2. The fraction of sp³-hybridized carbons (Fsp3) is 0.240. The molecule has 3 heterocycles. The van der Waals surface area contributed by atoms with Crippen LogP contribution in [0.5, 0.6) is 5.75 Å². The zero-order chi connectivity index (χ0) is 21.9. The molecule has 1 aliphatic heterocycles. The maximum absolute atomic E-state index is 13.0. The third-order valence-electron chi connectivity index (χ3n) is 5.80. The Kier molecular flexibility index (Phi) is 5.56. The van der Waals surface area contributed by atoms with Crippen LogP contribution < -0.4 is 4.74 Å². The predicted molar refractivity (Wildman–Crippen MR) is 121 cm³/mol. The van der Waals surface area contributed by atoms with Gasteiger partial charge in [0.05, 0.1) is 50.5 Å². The maximum Gasteiger partial charge on any atom is 0.227 e. The topological polar surface area (TPSA) is 80.3 Å². The molecule has 0 spiro atoms. The summed E-state index contributed by atoms with van der Waals surface area (Å²) in [7, 11) is 1.64. The smallest absolute Gasteiger partial charge is 0.227 e. The van der Waals surface area contributed by atoms with E-state index in [0.29, 0.717) is 26.1 Å². The van der Waals surface area contributed by atoms with Gasteiger partial charge in [-0.25, -0.2) is 4.98 Å². The summed E-state index contributed by atoms with van der Waals surface area (Å²) in [6, 6.07) is 15.7. The molecule has 0 aliphatic carbocycles. The fourth-order valence-electron chi connectivity index (χ4n) is 4.04. The normalized spacial score (nSPS) is 16.3. The Morgan fingerprint density at radius 3 is 2.88 bits per heavy atom. The van der Waals surface area contributed by atoms with Gasteiger partial charge in [0.25, 0.3) is 0 Å². The van der Waals surface area contributed by atoms with Gasteiger partial charge in [0.1, 0.15) is 11.9 Å². The average molecular weight is 428 g/mol. The van der Waals surface area contributed by atoms with E-state index in [1.807, 2.05) is 59.6 Å². The van der Waals surface area contributed by atoms with Crippen LogP contribution in [0, 0.1) is 0 Å². The third kappa shape index (κ3) is 4.07. The molecule has 0 bridgehead atoms. The number of para-hydroxylation sites is 1. The van der Waals surface area contributed by atoms with Gasteiger partial charge in [0.2, 0.25) is 5.91 Å². The molecule has 7 heteroatoms. The average Bonchev–Trinajstić information content (AvgIpc) is 3.27. The molecule has 1 atom stereocenters. The predicted octanol–water partition coefficient (Wildman–Crippen LogP) is 3.78. The van der Waals surface area contributed by atoms with E-state index >= 15 is 0 Å². The quantitative estimate of drug-likeness (QED) is 0.523. The number of nitrogens with zero attached hydrogens (tertiary/aromatic N) is 3. The van der Waals surface area contributed by atoms with Crippen molar-refractivity contribution < 1.29 is 14.3 Å². The number of aromatic amines is 1. The number of fused-ring (bicyclic) bond motifs is 1. The zero-order valence-corrected chi connectivity index (χ0v) is 17.8. The molecule has 1 fully saturated rings. The van der Waals surface area contributed by atoms with Crippen molar-refractivity contribution in [3.05, 3.63) is 78.4 Å². The summed E-state index contributed by atoms with van der Waals surface area (Å²) in [5, 5.41) is 1.09. The Balaban J connectivity index is 1.31. The van der Waals surface area contributed by atoms with E-state index in [1.165, 1.54) is 0 Å². The molecule has 162 valence electrons. The summed E-state index contributed by atoms with van der Waals surface area (Å²) in [5.74, 6) is 0.875. The molecule has 0 radical (unpaired) electrons. The van der Waals surface area contributed by atoms with Gasteiger partial charge >= 0.3 is 0 Å². The van der Waals surface area contributed by atoms with Crippen LogP contribution in [0.1, 0.15) is 17.4 Å². The number of nitrogens with one attached hydrogen (secondary N) is 1. The fourth-order valence-corrected chi connectivity index (χ4v) is 4.04. The minimum atomic E-state index is -0.304. The molecular weight excluding hydrogens is 404 g/mol. The number of amides is 1. The van der Waals surface area contributed by atoms with Gasteiger partial charge in [-0.1, -0.05) is 18.2 Å². The number of hydrogen-bond acceptors (Lipinski definition) is 5. The van der Waals surface area contributed by atoms with E-state index in [2.05, 4.69) is 9.97 Å². The number of carbonyl (C=O) groups excluding carboxylic acids is 1. The first-order chi connectivity index (χ1) is 15.7. The van der Waals surface area contributed by atoms with Gasteiger partial charge < -0.3 is 19.4 Å². The highest BCUT2D eigenvalue weighted by molar-refractivity contribution is 5.88. The monoisotopic (exact) mass is 428 g/mol. The molecule has 32 heavy (non-hydrogen) atoms. The highest BCUT2D eigenvalue weighted by Crippen LogP contribution is 2.25. The number of carbonyl (C=O) groups is 1. The van der Waals surface area contributed by atoms with Crippen molar-refractivity contribution >= 4 is 16.8 Å². The van der Waals surface area contributed by atoms with Crippen molar-refractivity contribution in [1.29, 1.82) is 0 Å². The van der Waals surface area contributed by atoms with E-state index in [1.54, 1.807) is 19.5 Å². The molecule has 1 N–H and O–H groups in total. The van der Waals surface area contributed by atoms with Gasteiger partial charge in [0, 0.05) is 29.2 Å². The van der Waals surface area contributed by atoms with E-state index in [4.69, 9.17) is 14.5 Å². The van der Waals surface area contributed by atoms with E-state index < -0.39 is 0 Å². The summed E-state index contributed by atoms with van der Waals surface area (Å²) < 4.78 is 11.2. The van der Waals surface area contributed by atoms with Crippen LogP contribution in [-0.4, -0.2) is 52.6 Å². The van der Waals surface area contributed by atoms with Crippen LogP contribution in [-0.2, 0) is 16.0 Å². The number of hydrogen-bond donors (Lipinski definition) is 1. The van der Waals surface area contributed by atoms with Crippen molar-refractivity contribution in [2.75, 3.05) is 26.8 Å². The second-order valence-corrected chi connectivity index (χ2v) is 7.79. The molecule has 0 saturated carbocycles. The number of rotatable bonds is 5. The SMILES string of the molecule is COc1ccc(-c2cncc(C3CN(C(=O)Cc4c[nH]c5ccccc45)CCO3)n2)cc1. The van der Waals surface area contributed by atoms with Crippen molar-refractivity contribution in [2.45, 2.75) is 12.5 Å². The number of morpholine rings is 1. The van der Waals surface area contributed by atoms with Gasteiger partial charge in [-0.15, -0.1) is 0 Å². The van der Waals surface area contributed by atoms with E-state index in [9.17, 15) is 4.79 Å². The van der Waals surface area contributed by atoms with Crippen LogP contribution in [0.3, 0.4) is 0 Å². The van der Waals surface area contributed by atoms with Crippen molar-refractivity contribution in [1.82, 2.24) is 19.9 Å². The lowest BCUT2D eigenvalue weighted by molar-refractivity contribution is -0.138. The maximum atomic E-state index is 13.0. The molecule has 1 saturated heterocycles. The summed E-state index contributed by atoms with van der Waals surface area (Å²) in [6.07, 6.45) is 5.42. The van der Waals surface area contributed by atoms with Gasteiger partial charge in [-0.3, -0.25) is 9.78 Å². The number of H-pyrrole nitrogens is 1. The Bertz CT molecular complexity index is 1240. The lowest BCUT2D eigenvalue weighted by Crippen LogP contribution is -2.43. The third-order valence-corrected chi connectivity index (χ3v) is 5.80. The molecule has 5 rings (SSSR count). The Hall–Kier alpha value is -3.71. The van der Waals surface area contributed by atoms with E-state index in [0.717, 1.165) is 39.2 Å². The Morgan fingerprint density at radius 2 is 2.03 bits per heavy atom. The summed E-state index contributed by atoms with van der Waals surface area (Å²) in [6.45, 7) is 1.50. The molecule has 1 aliphatic rings. The standard InChI is InChI=1S/C25H24N4O3/c1-31-19-8-6-17(7-9-19)22-14-26-15-23(28-22)24-16-29(10-11-32-24)25(30)12-18-13-27-21-5-3-2-4-20(18)21/h2-9,13-15,24,27H,10-12,16H2,1H3. The Morgan fingerprint density at radius 1 is 1.19 bits per heavy atom. The number of methoxy groups -OCH3 is 1. The lowest BCUT2D eigenvalue weighted by Gasteiger charge is -2.32. The Labute approximate surface area is 186 Å². The van der Waals surface area contributed by atoms with Crippen LogP contribution in [0.15, 0.2) is 67.1 Å². The highest BCUT2D eigenvalue weighted by Gasteiger charge is 2.27. The summed E-state index contributed by atoms with van der Waals surface area (Å²) in [4.78, 5) is 27.3. The summed E-state index contributed by atoms with van der Waals surface area (Å²) in [5.41, 5.74) is 4.48. The molecular formula is C25H24N4O3.